The minimum absolute atomic E-state index is 0.218. The zero-order chi connectivity index (χ0) is 14.2. The summed E-state index contributed by atoms with van der Waals surface area (Å²) in [7, 11) is 0. The minimum atomic E-state index is -0.815. The molecule has 1 fully saturated rings. The maximum absolute atomic E-state index is 11.7. The standard InChI is InChI=1S/C13H14N2O4/c1-13(2,3)19-12(18)15-8-6-4-5-7-9(8)10(16)11(17)14-7/h4-6,9H,1-3H3,(H,14,17). The smallest absolute Gasteiger partial charge is 0.434 e. The Bertz CT molecular complexity index is 549. The molecule has 1 aliphatic carbocycles. The molecule has 2 aliphatic rings. The van der Waals surface area contributed by atoms with Gasteiger partial charge in [-0.1, -0.05) is 6.08 Å². The lowest BCUT2D eigenvalue weighted by atomic mass is 9.94. The molecule has 19 heavy (non-hydrogen) atoms. The van der Waals surface area contributed by atoms with E-state index in [4.69, 9.17) is 4.74 Å². The Hall–Kier alpha value is -2.24. The number of ether oxygens (including phenoxy) is 1. The summed E-state index contributed by atoms with van der Waals surface area (Å²) in [5, 5.41) is 2.45. The molecule has 0 radical (unpaired) electrons. The molecule has 100 valence electrons. The van der Waals surface area contributed by atoms with Gasteiger partial charge in [0.05, 0.1) is 5.71 Å². The monoisotopic (exact) mass is 262 g/mol. The summed E-state index contributed by atoms with van der Waals surface area (Å²) in [6, 6.07) is 0. The molecule has 2 rings (SSSR count). The van der Waals surface area contributed by atoms with Crippen molar-refractivity contribution in [1.82, 2.24) is 5.32 Å². The number of Topliss-reactive ketones (excluding diaryl/α,β-unsaturated/α-hetero) is 1. The molecule has 0 spiro atoms. The summed E-state index contributed by atoms with van der Waals surface area (Å²) in [5.41, 5.74) is 0.00119. The largest absolute Gasteiger partial charge is 0.442 e. The van der Waals surface area contributed by atoms with E-state index >= 15 is 0 Å². The Kier molecular flexibility index (Phi) is 3.09. The zero-order valence-electron chi connectivity index (χ0n) is 10.9. The van der Waals surface area contributed by atoms with Gasteiger partial charge >= 0.3 is 6.09 Å². The Labute approximate surface area is 110 Å². The number of amides is 2. The van der Waals surface area contributed by atoms with Crippen molar-refractivity contribution in [3.05, 3.63) is 23.9 Å². The number of aliphatic imine (C=N–C) groups is 1. The van der Waals surface area contributed by atoms with E-state index in [1.165, 1.54) is 6.08 Å². The van der Waals surface area contributed by atoms with Crippen LogP contribution < -0.4 is 5.32 Å². The average Bonchev–Trinajstić information content (AvgIpc) is 2.53. The number of rotatable bonds is 0. The summed E-state index contributed by atoms with van der Waals surface area (Å²) >= 11 is 0. The molecule has 0 aromatic carbocycles. The molecule has 1 N–H and O–H groups in total. The lowest BCUT2D eigenvalue weighted by molar-refractivity contribution is -0.135. The molecule has 0 bridgehead atoms. The zero-order valence-corrected chi connectivity index (χ0v) is 10.9. The summed E-state index contributed by atoms with van der Waals surface area (Å²) in [5.74, 6) is -2.11. The maximum Gasteiger partial charge on any atom is 0.434 e. The predicted molar refractivity (Wildman–Crippen MR) is 67.5 cm³/mol. The number of hydrogen-bond acceptors (Lipinski definition) is 4. The highest BCUT2D eigenvalue weighted by Gasteiger charge is 2.40. The van der Waals surface area contributed by atoms with E-state index in [-0.39, 0.29) is 5.71 Å². The van der Waals surface area contributed by atoms with Crippen LogP contribution in [0.25, 0.3) is 0 Å². The number of nitrogens with one attached hydrogen (secondary N) is 1. The van der Waals surface area contributed by atoms with Crippen LogP contribution in [0.5, 0.6) is 0 Å². The van der Waals surface area contributed by atoms with Gasteiger partial charge in [-0.25, -0.2) is 4.79 Å². The second-order valence-electron chi connectivity index (χ2n) is 5.25. The lowest BCUT2D eigenvalue weighted by Gasteiger charge is -2.18. The van der Waals surface area contributed by atoms with Gasteiger partial charge in [-0.3, -0.25) is 9.59 Å². The Morgan fingerprint density at radius 1 is 1.37 bits per heavy atom. The molecule has 1 heterocycles. The summed E-state index contributed by atoms with van der Waals surface area (Å²) in [6.45, 7) is 5.16. The average molecular weight is 262 g/mol. The van der Waals surface area contributed by atoms with E-state index in [1.807, 2.05) is 0 Å². The fraction of sp³-hybridized carbons (Fsp3) is 0.385. The van der Waals surface area contributed by atoms with Crippen molar-refractivity contribution in [2.75, 3.05) is 0 Å². The number of carbonyl (C=O) groups is 3. The van der Waals surface area contributed by atoms with E-state index < -0.39 is 29.3 Å². The van der Waals surface area contributed by atoms with Gasteiger partial charge in [-0.05, 0) is 32.9 Å². The molecular weight excluding hydrogens is 248 g/mol. The molecule has 1 aliphatic heterocycles. The van der Waals surface area contributed by atoms with Gasteiger partial charge in [0.15, 0.2) is 0 Å². The van der Waals surface area contributed by atoms with Crippen molar-refractivity contribution in [1.29, 1.82) is 0 Å². The van der Waals surface area contributed by atoms with Gasteiger partial charge in [-0.2, -0.15) is 4.99 Å². The van der Waals surface area contributed by atoms with E-state index in [1.54, 1.807) is 32.9 Å². The molecule has 0 aromatic rings. The number of hydrogen-bond donors (Lipinski definition) is 1. The predicted octanol–water partition coefficient (Wildman–Crippen LogP) is 1.13. The van der Waals surface area contributed by atoms with Crippen LogP contribution in [0, 0.1) is 5.92 Å². The van der Waals surface area contributed by atoms with Crippen LogP contribution in [0.1, 0.15) is 20.8 Å². The number of allylic oxidation sites excluding steroid dienone is 4. The highest BCUT2D eigenvalue weighted by atomic mass is 16.6. The van der Waals surface area contributed by atoms with Crippen molar-refractivity contribution in [2.45, 2.75) is 26.4 Å². The van der Waals surface area contributed by atoms with Gasteiger partial charge in [-0.15, -0.1) is 0 Å². The molecule has 0 aromatic heterocycles. The first kappa shape index (κ1) is 13.2. The van der Waals surface area contributed by atoms with Crippen LogP contribution in [0.3, 0.4) is 0 Å². The maximum atomic E-state index is 11.7. The SMILES string of the molecule is CC(C)(C)OC(=O)N=C1C=CC=C2NC(=O)C(=O)C21. The Morgan fingerprint density at radius 2 is 2.05 bits per heavy atom. The lowest BCUT2D eigenvalue weighted by Crippen LogP contribution is -2.26. The van der Waals surface area contributed by atoms with Gasteiger partial charge in [0.1, 0.15) is 11.5 Å². The van der Waals surface area contributed by atoms with Gasteiger partial charge < -0.3 is 10.1 Å². The molecule has 0 saturated carbocycles. The Morgan fingerprint density at radius 3 is 2.68 bits per heavy atom. The van der Waals surface area contributed by atoms with Gasteiger partial charge in [0.25, 0.3) is 5.91 Å². The number of fused-ring (bicyclic) bond motifs is 1. The van der Waals surface area contributed by atoms with Crippen LogP contribution in [0.4, 0.5) is 4.79 Å². The summed E-state index contributed by atoms with van der Waals surface area (Å²) in [6.07, 6.45) is 3.98. The summed E-state index contributed by atoms with van der Waals surface area (Å²) in [4.78, 5) is 38.4. The first-order valence-electron chi connectivity index (χ1n) is 5.83. The molecular formula is C13H14N2O4. The second kappa shape index (κ2) is 4.46. The molecule has 1 unspecified atom stereocenters. The summed E-state index contributed by atoms with van der Waals surface area (Å²) < 4.78 is 5.05. The molecule has 2 amide bonds. The van der Waals surface area contributed by atoms with E-state index in [2.05, 4.69) is 10.3 Å². The highest BCUT2D eigenvalue weighted by molar-refractivity contribution is 6.46. The fourth-order valence-electron chi connectivity index (χ4n) is 1.81. The first-order chi connectivity index (χ1) is 8.78. The molecule has 1 saturated heterocycles. The molecule has 1 atom stereocenters. The number of ketones is 1. The molecule has 6 heteroatoms. The first-order valence-corrected chi connectivity index (χ1v) is 5.83. The van der Waals surface area contributed by atoms with Crippen LogP contribution >= 0.6 is 0 Å². The third-order valence-corrected chi connectivity index (χ3v) is 2.51. The number of nitrogens with zero attached hydrogens (tertiary/aromatic N) is 1. The van der Waals surface area contributed by atoms with E-state index in [9.17, 15) is 14.4 Å². The normalized spacial score (nSPS) is 24.1. The van der Waals surface area contributed by atoms with Crippen molar-refractivity contribution in [2.24, 2.45) is 10.9 Å². The van der Waals surface area contributed by atoms with Crippen molar-refractivity contribution < 1.29 is 19.1 Å². The quantitative estimate of drug-likeness (QED) is 0.663. The topological polar surface area (TPSA) is 84.8 Å². The number of carbonyl (C=O) groups excluding carboxylic acids is 3. The van der Waals surface area contributed by atoms with E-state index in [0.717, 1.165) is 0 Å². The van der Waals surface area contributed by atoms with E-state index in [0.29, 0.717) is 5.70 Å². The van der Waals surface area contributed by atoms with Crippen LogP contribution in [0.15, 0.2) is 28.9 Å². The van der Waals surface area contributed by atoms with Gasteiger partial charge in [0.2, 0.25) is 5.78 Å². The van der Waals surface area contributed by atoms with Crippen molar-refractivity contribution in [3.63, 3.8) is 0 Å². The van der Waals surface area contributed by atoms with Crippen molar-refractivity contribution in [3.8, 4) is 0 Å². The second-order valence-corrected chi connectivity index (χ2v) is 5.25. The third-order valence-electron chi connectivity index (χ3n) is 2.51. The third kappa shape index (κ3) is 2.78. The van der Waals surface area contributed by atoms with Crippen molar-refractivity contribution >= 4 is 23.5 Å². The molecule has 6 nitrogen and oxygen atoms in total. The Balaban J connectivity index is 2.24. The van der Waals surface area contributed by atoms with Crippen LogP contribution in [-0.2, 0) is 14.3 Å². The van der Waals surface area contributed by atoms with Crippen LogP contribution in [0.2, 0.25) is 0 Å². The highest BCUT2D eigenvalue weighted by Crippen LogP contribution is 2.23. The minimum Gasteiger partial charge on any atom is -0.442 e. The van der Waals surface area contributed by atoms with Crippen LogP contribution in [-0.4, -0.2) is 29.1 Å². The van der Waals surface area contributed by atoms with Gasteiger partial charge in [0, 0.05) is 5.70 Å². The fourth-order valence-corrected chi connectivity index (χ4v) is 1.81.